The molecule has 18 heavy (non-hydrogen) atoms. The van der Waals surface area contributed by atoms with Gasteiger partial charge in [-0.25, -0.2) is 4.39 Å². The standard InChI is InChI=1S/C14H15FN2O/c1-10-3-2-6-17-13(10)9-16-8-11-4-5-14(18)12(15)7-11/h2-7,16,18H,8-9H2,1H3. The van der Waals surface area contributed by atoms with Crippen LogP contribution in [0.5, 0.6) is 5.75 Å². The molecular formula is C14H15FN2O. The molecule has 3 nitrogen and oxygen atoms in total. The Labute approximate surface area is 105 Å². The van der Waals surface area contributed by atoms with Crippen LogP contribution in [0.4, 0.5) is 4.39 Å². The first-order valence-corrected chi connectivity index (χ1v) is 5.75. The van der Waals surface area contributed by atoms with E-state index in [1.165, 1.54) is 12.1 Å². The minimum atomic E-state index is -0.594. The monoisotopic (exact) mass is 246 g/mol. The topological polar surface area (TPSA) is 45.2 Å². The first kappa shape index (κ1) is 12.5. The van der Waals surface area contributed by atoms with Crippen molar-refractivity contribution in [3.8, 4) is 5.75 Å². The molecule has 2 rings (SSSR count). The number of rotatable bonds is 4. The van der Waals surface area contributed by atoms with Crippen molar-refractivity contribution in [2.45, 2.75) is 20.0 Å². The average Bonchev–Trinajstić information content (AvgIpc) is 2.36. The van der Waals surface area contributed by atoms with Gasteiger partial charge in [-0.1, -0.05) is 12.1 Å². The Kier molecular flexibility index (Phi) is 3.89. The number of hydrogen-bond donors (Lipinski definition) is 2. The molecule has 0 aliphatic rings. The van der Waals surface area contributed by atoms with Crippen molar-refractivity contribution < 1.29 is 9.50 Å². The predicted molar refractivity (Wildman–Crippen MR) is 67.6 cm³/mol. The zero-order valence-corrected chi connectivity index (χ0v) is 10.2. The summed E-state index contributed by atoms with van der Waals surface area (Å²) in [5, 5.41) is 12.3. The van der Waals surface area contributed by atoms with Gasteiger partial charge < -0.3 is 10.4 Å². The smallest absolute Gasteiger partial charge is 0.165 e. The second-order valence-electron chi connectivity index (χ2n) is 4.16. The van der Waals surface area contributed by atoms with Crippen LogP contribution in [0.3, 0.4) is 0 Å². The van der Waals surface area contributed by atoms with E-state index in [0.717, 1.165) is 16.8 Å². The fourth-order valence-corrected chi connectivity index (χ4v) is 1.69. The van der Waals surface area contributed by atoms with Crippen molar-refractivity contribution in [2.24, 2.45) is 0 Å². The highest BCUT2D eigenvalue weighted by Gasteiger charge is 2.02. The summed E-state index contributed by atoms with van der Waals surface area (Å²) in [7, 11) is 0. The number of pyridine rings is 1. The van der Waals surface area contributed by atoms with Gasteiger partial charge in [0.1, 0.15) is 0 Å². The maximum Gasteiger partial charge on any atom is 0.165 e. The number of nitrogens with one attached hydrogen (secondary N) is 1. The van der Waals surface area contributed by atoms with Crippen LogP contribution < -0.4 is 5.32 Å². The van der Waals surface area contributed by atoms with Crippen LogP contribution >= 0.6 is 0 Å². The molecule has 1 heterocycles. The third-order valence-corrected chi connectivity index (χ3v) is 2.75. The van der Waals surface area contributed by atoms with E-state index in [2.05, 4.69) is 10.3 Å². The summed E-state index contributed by atoms with van der Waals surface area (Å²) in [6.07, 6.45) is 1.75. The Bertz CT molecular complexity index is 543. The molecule has 4 heteroatoms. The zero-order valence-electron chi connectivity index (χ0n) is 10.2. The van der Waals surface area contributed by atoms with Crippen LogP contribution in [-0.4, -0.2) is 10.1 Å². The summed E-state index contributed by atoms with van der Waals surface area (Å²) in [5.41, 5.74) is 2.90. The third-order valence-electron chi connectivity index (χ3n) is 2.75. The van der Waals surface area contributed by atoms with Crippen molar-refractivity contribution in [2.75, 3.05) is 0 Å². The van der Waals surface area contributed by atoms with Crippen molar-refractivity contribution in [3.63, 3.8) is 0 Å². The highest BCUT2D eigenvalue weighted by Crippen LogP contribution is 2.16. The third kappa shape index (κ3) is 3.05. The van der Waals surface area contributed by atoms with Crippen molar-refractivity contribution in [1.82, 2.24) is 10.3 Å². The van der Waals surface area contributed by atoms with E-state index in [9.17, 15) is 4.39 Å². The normalized spacial score (nSPS) is 10.6. The molecule has 0 amide bonds. The summed E-state index contributed by atoms with van der Waals surface area (Å²) < 4.78 is 13.1. The second-order valence-corrected chi connectivity index (χ2v) is 4.16. The number of nitrogens with zero attached hydrogens (tertiary/aromatic N) is 1. The number of aryl methyl sites for hydroxylation is 1. The van der Waals surface area contributed by atoms with E-state index in [1.54, 1.807) is 12.3 Å². The first-order valence-electron chi connectivity index (χ1n) is 5.75. The molecule has 0 bridgehead atoms. The minimum absolute atomic E-state index is 0.320. The van der Waals surface area contributed by atoms with E-state index in [4.69, 9.17) is 5.11 Å². The Morgan fingerprint density at radius 3 is 2.83 bits per heavy atom. The maximum atomic E-state index is 13.1. The van der Waals surface area contributed by atoms with Crippen LogP contribution in [0.15, 0.2) is 36.5 Å². The largest absolute Gasteiger partial charge is 0.505 e. The Balaban J connectivity index is 1.92. The van der Waals surface area contributed by atoms with Gasteiger partial charge in [-0.15, -0.1) is 0 Å². The number of halogens is 1. The van der Waals surface area contributed by atoms with Gasteiger partial charge in [-0.05, 0) is 36.2 Å². The van der Waals surface area contributed by atoms with Crippen LogP contribution in [0.1, 0.15) is 16.8 Å². The van der Waals surface area contributed by atoms with Crippen LogP contribution in [0.2, 0.25) is 0 Å². The van der Waals surface area contributed by atoms with Gasteiger partial charge in [0.05, 0.1) is 5.69 Å². The Morgan fingerprint density at radius 1 is 1.28 bits per heavy atom. The zero-order chi connectivity index (χ0) is 13.0. The molecular weight excluding hydrogens is 231 g/mol. The van der Waals surface area contributed by atoms with E-state index < -0.39 is 5.82 Å². The Hall–Kier alpha value is -1.94. The maximum absolute atomic E-state index is 13.1. The van der Waals surface area contributed by atoms with Gasteiger partial charge in [-0.2, -0.15) is 0 Å². The number of aromatic hydroxyl groups is 1. The molecule has 0 atom stereocenters. The minimum Gasteiger partial charge on any atom is -0.505 e. The SMILES string of the molecule is Cc1cccnc1CNCc1ccc(O)c(F)c1. The molecule has 0 aliphatic carbocycles. The summed E-state index contributed by atoms with van der Waals surface area (Å²) in [4.78, 5) is 4.26. The Morgan fingerprint density at radius 2 is 2.11 bits per heavy atom. The van der Waals surface area contributed by atoms with Crippen LogP contribution in [-0.2, 0) is 13.1 Å². The highest BCUT2D eigenvalue weighted by molar-refractivity contribution is 5.28. The quantitative estimate of drug-likeness (QED) is 0.871. The molecule has 2 N–H and O–H groups in total. The molecule has 0 saturated carbocycles. The fraction of sp³-hybridized carbons (Fsp3) is 0.214. The number of benzene rings is 1. The lowest BCUT2D eigenvalue weighted by Gasteiger charge is -2.07. The van der Waals surface area contributed by atoms with Gasteiger partial charge >= 0.3 is 0 Å². The molecule has 0 fully saturated rings. The van der Waals surface area contributed by atoms with E-state index in [0.29, 0.717) is 13.1 Å². The average molecular weight is 246 g/mol. The molecule has 0 aliphatic heterocycles. The van der Waals surface area contributed by atoms with Crippen LogP contribution in [0.25, 0.3) is 0 Å². The molecule has 1 aromatic carbocycles. The summed E-state index contributed by atoms with van der Waals surface area (Å²) in [5.74, 6) is -0.914. The molecule has 2 aromatic rings. The van der Waals surface area contributed by atoms with Gasteiger partial charge in [0.15, 0.2) is 11.6 Å². The summed E-state index contributed by atoms with van der Waals surface area (Å²) in [6, 6.07) is 8.28. The fourth-order valence-electron chi connectivity index (χ4n) is 1.69. The molecule has 0 radical (unpaired) electrons. The van der Waals surface area contributed by atoms with Gasteiger partial charge in [0.2, 0.25) is 0 Å². The van der Waals surface area contributed by atoms with Gasteiger partial charge in [-0.3, -0.25) is 4.98 Å². The summed E-state index contributed by atoms with van der Waals surface area (Å²) >= 11 is 0. The molecule has 1 aromatic heterocycles. The number of hydrogen-bond acceptors (Lipinski definition) is 3. The summed E-state index contributed by atoms with van der Waals surface area (Å²) in [6.45, 7) is 3.17. The van der Waals surface area contributed by atoms with E-state index >= 15 is 0 Å². The van der Waals surface area contributed by atoms with Crippen molar-refractivity contribution >= 4 is 0 Å². The van der Waals surface area contributed by atoms with Gasteiger partial charge in [0, 0.05) is 19.3 Å². The van der Waals surface area contributed by atoms with Crippen molar-refractivity contribution in [3.05, 3.63) is 59.2 Å². The van der Waals surface area contributed by atoms with E-state index in [1.807, 2.05) is 19.1 Å². The molecule has 0 spiro atoms. The highest BCUT2D eigenvalue weighted by atomic mass is 19.1. The van der Waals surface area contributed by atoms with Crippen molar-refractivity contribution in [1.29, 1.82) is 0 Å². The first-order chi connectivity index (χ1) is 8.66. The molecule has 0 saturated heterocycles. The molecule has 0 unspecified atom stereocenters. The molecule has 94 valence electrons. The predicted octanol–water partition coefficient (Wildman–Crippen LogP) is 2.52. The number of aromatic nitrogens is 1. The number of phenols is 1. The van der Waals surface area contributed by atoms with Gasteiger partial charge in [0.25, 0.3) is 0 Å². The lowest BCUT2D eigenvalue weighted by Crippen LogP contribution is -2.14. The second kappa shape index (κ2) is 5.60. The lowest BCUT2D eigenvalue weighted by atomic mass is 10.2. The van der Waals surface area contributed by atoms with E-state index in [-0.39, 0.29) is 5.75 Å². The number of phenolic OH excluding ortho intramolecular Hbond substituents is 1. The van der Waals surface area contributed by atoms with Crippen LogP contribution in [0, 0.1) is 12.7 Å². The lowest BCUT2D eigenvalue weighted by molar-refractivity contribution is 0.431.